The van der Waals surface area contributed by atoms with Crippen molar-refractivity contribution in [3.63, 3.8) is 0 Å². The molecule has 0 spiro atoms. The topological polar surface area (TPSA) is 113 Å². The SMILES string of the molecule is COc1cc(C(=O)O)ccc1S(=O)(=O)NC[C@@H](C)O. The smallest absolute Gasteiger partial charge is 0.335 e. The number of aliphatic hydroxyl groups excluding tert-OH is 1. The van der Waals surface area contributed by atoms with Crippen LogP contribution in [0.1, 0.15) is 17.3 Å². The third kappa shape index (κ3) is 3.91. The largest absolute Gasteiger partial charge is 0.495 e. The van der Waals surface area contributed by atoms with Crippen LogP contribution in [0.2, 0.25) is 0 Å². The predicted octanol–water partition coefficient (Wildman–Crippen LogP) is 0.0525. The fourth-order valence-corrected chi connectivity index (χ4v) is 2.60. The highest BCUT2D eigenvalue weighted by atomic mass is 32.2. The van der Waals surface area contributed by atoms with Crippen LogP contribution in [0.4, 0.5) is 0 Å². The number of carboxylic acids is 1. The van der Waals surface area contributed by atoms with Gasteiger partial charge in [0.1, 0.15) is 10.6 Å². The molecule has 0 aliphatic heterocycles. The Kier molecular flexibility index (Phi) is 4.87. The molecule has 0 radical (unpaired) electrons. The Bertz CT molecular complexity index is 567. The van der Waals surface area contributed by atoms with Gasteiger partial charge in [0.2, 0.25) is 10.0 Å². The highest BCUT2D eigenvalue weighted by molar-refractivity contribution is 7.89. The number of sulfonamides is 1. The highest BCUT2D eigenvalue weighted by Gasteiger charge is 2.21. The minimum atomic E-state index is -3.87. The van der Waals surface area contributed by atoms with Gasteiger partial charge in [-0.05, 0) is 25.1 Å². The van der Waals surface area contributed by atoms with Crippen molar-refractivity contribution in [2.75, 3.05) is 13.7 Å². The van der Waals surface area contributed by atoms with Crippen LogP contribution in [-0.2, 0) is 10.0 Å². The molecule has 1 aromatic carbocycles. The Labute approximate surface area is 110 Å². The summed E-state index contributed by atoms with van der Waals surface area (Å²) < 4.78 is 31.0. The third-order valence-corrected chi connectivity index (χ3v) is 3.73. The fourth-order valence-electron chi connectivity index (χ4n) is 1.33. The van der Waals surface area contributed by atoms with E-state index in [2.05, 4.69) is 4.72 Å². The fraction of sp³-hybridized carbons (Fsp3) is 0.364. The molecule has 0 aliphatic rings. The van der Waals surface area contributed by atoms with E-state index in [1.165, 1.54) is 20.1 Å². The standard InChI is InChI=1S/C11H15NO6S/c1-7(13)6-12-19(16,17)10-4-3-8(11(14)15)5-9(10)18-2/h3-5,7,12-13H,6H2,1-2H3,(H,14,15)/t7-/m1/s1. The number of aliphatic hydroxyl groups is 1. The molecule has 0 fully saturated rings. The van der Waals surface area contributed by atoms with Gasteiger partial charge in [-0.2, -0.15) is 0 Å². The lowest BCUT2D eigenvalue weighted by Crippen LogP contribution is -2.31. The molecule has 0 saturated carbocycles. The first-order valence-electron chi connectivity index (χ1n) is 5.37. The Morgan fingerprint density at radius 1 is 1.47 bits per heavy atom. The van der Waals surface area contributed by atoms with Crippen molar-refractivity contribution in [1.29, 1.82) is 0 Å². The summed E-state index contributed by atoms with van der Waals surface area (Å²) in [6.07, 6.45) is -0.834. The minimum absolute atomic E-state index is 0.0713. The molecule has 0 heterocycles. The Morgan fingerprint density at radius 3 is 2.58 bits per heavy atom. The van der Waals surface area contributed by atoms with Gasteiger partial charge in [0.05, 0.1) is 18.8 Å². The first-order valence-corrected chi connectivity index (χ1v) is 6.85. The Hall–Kier alpha value is -1.64. The van der Waals surface area contributed by atoms with Crippen LogP contribution in [0.5, 0.6) is 5.75 Å². The number of hydrogen-bond donors (Lipinski definition) is 3. The Balaban J connectivity index is 3.16. The lowest BCUT2D eigenvalue weighted by Gasteiger charge is -2.12. The van der Waals surface area contributed by atoms with E-state index in [0.717, 1.165) is 12.1 Å². The van der Waals surface area contributed by atoms with E-state index < -0.39 is 22.1 Å². The second kappa shape index (κ2) is 6.00. The minimum Gasteiger partial charge on any atom is -0.495 e. The third-order valence-electron chi connectivity index (χ3n) is 2.27. The van der Waals surface area contributed by atoms with Gasteiger partial charge >= 0.3 is 5.97 Å². The number of methoxy groups -OCH3 is 1. The van der Waals surface area contributed by atoms with Crippen molar-refractivity contribution in [2.45, 2.75) is 17.9 Å². The second-order valence-electron chi connectivity index (χ2n) is 3.87. The van der Waals surface area contributed by atoms with Gasteiger partial charge in [0.15, 0.2) is 0 Å². The molecule has 1 aromatic rings. The van der Waals surface area contributed by atoms with E-state index in [-0.39, 0.29) is 22.8 Å². The van der Waals surface area contributed by atoms with Crippen LogP contribution in [0, 0.1) is 0 Å². The predicted molar refractivity (Wildman–Crippen MR) is 66.8 cm³/mol. The summed E-state index contributed by atoms with van der Waals surface area (Å²) in [5.74, 6) is -1.25. The number of aromatic carboxylic acids is 1. The van der Waals surface area contributed by atoms with Crippen molar-refractivity contribution in [1.82, 2.24) is 4.72 Å². The summed E-state index contributed by atoms with van der Waals surface area (Å²) in [5.41, 5.74) is -0.0775. The zero-order valence-corrected chi connectivity index (χ0v) is 11.3. The van der Waals surface area contributed by atoms with Gasteiger partial charge in [0.25, 0.3) is 0 Å². The van der Waals surface area contributed by atoms with Gasteiger partial charge in [-0.15, -0.1) is 0 Å². The quantitative estimate of drug-likeness (QED) is 0.682. The van der Waals surface area contributed by atoms with Crippen LogP contribution >= 0.6 is 0 Å². The van der Waals surface area contributed by atoms with E-state index in [1.807, 2.05) is 0 Å². The van der Waals surface area contributed by atoms with E-state index >= 15 is 0 Å². The molecule has 7 nitrogen and oxygen atoms in total. The monoisotopic (exact) mass is 289 g/mol. The number of carbonyl (C=O) groups is 1. The van der Waals surface area contributed by atoms with E-state index in [0.29, 0.717) is 0 Å². The number of carboxylic acid groups (broad SMARTS) is 1. The number of rotatable bonds is 6. The molecule has 19 heavy (non-hydrogen) atoms. The van der Waals surface area contributed by atoms with Crippen LogP contribution in [0.25, 0.3) is 0 Å². The highest BCUT2D eigenvalue weighted by Crippen LogP contribution is 2.24. The summed E-state index contributed by atoms with van der Waals surface area (Å²) in [5, 5.41) is 17.9. The molecule has 106 valence electrons. The first kappa shape index (κ1) is 15.4. The van der Waals surface area contributed by atoms with Crippen molar-refractivity contribution < 1.29 is 28.2 Å². The zero-order valence-electron chi connectivity index (χ0n) is 10.5. The molecular weight excluding hydrogens is 274 g/mol. The summed E-state index contributed by atoms with van der Waals surface area (Å²) in [7, 11) is -2.62. The molecule has 0 amide bonds. The van der Waals surface area contributed by atoms with Crippen LogP contribution in [0.15, 0.2) is 23.1 Å². The van der Waals surface area contributed by atoms with Gasteiger partial charge in [-0.3, -0.25) is 0 Å². The van der Waals surface area contributed by atoms with Crippen molar-refractivity contribution in [3.05, 3.63) is 23.8 Å². The number of ether oxygens (including phenoxy) is 1. The maximum atomic E-state index is 11.9. The van der Waals surface area contributed by atoms with E-state index in [9.17, 15) is 13.2 Å². The lowest BCUT2D eigenvalue weighted by atomic mass is 10.2. The van der Waals surface area contributed by atoms with E-state index in [4.69, 9.17) is 14.9 Å². The number of benzene rings is 1. The summed E-state index contributed by atoms with van der Waals surface area (Å²) in [6, 6.07) is 3.44. The molecule has 0 aromatic heterocycles. The summed E-state index contributed by atoms with van der Waals surface area (Å²) in [6.45, 7) is 1.29. The van der Waals surface area contributed by atoms with Gasteiger partial charge < -0.3 is 14.9 Å². The second-order valence-corrected chi connectivity index (χ2v) is 5.61. The van der Waals surface area contributed by atoms with Gasteiger partial charge in [0, 0.05) is 6.54 Å². The average molecular weight is 289 g/mol. The molecule has 0 bridgehead atoms. The average Bonchev–Trinajstić information content (AvgIpc) is 2.35. The number of nitrogens with one attached hydrogen (secondary N) is 1. The zero-order chi connectivity index (χ0) is 14.6. The van der Waals surface area contributed by atoms with Gasteiger partial charge in [-0.1, -0.05) is 0 Å². The van der Waals surface area contributed by atoms with Crippen molar-refractivity contribution >= 4 is 16.0 Å². The maximum absolute atomic E-state index is 11.9. The lowest BCUT2D eigenvalue weighted by molar-refractivity contribution is 0.0696. The molecule has 0 saturated heterocycles. The number of hydrogen-bond acceptors (Lipinski definition) is 5. The summed E-state index contributed by atoms with van der Waals surface area (Å²) in [4.78, 5) is 10.6. The maximum Gasteiger partial charge on any atom is 0.335 e. The first-order chi connectivity index (χ1) is 8.77. The molecule has 0 aliphatic carbocycles. The van der Waals surface area contributed by atoms with Crippen molar-refractivity contribution in [2.24, 2.45) is 0 Å². The van der Waals surface area contributed by atoms with E-state index in [1.54, 1.807) is 0 Å². The van der Waals surface area contributed by atoms with Crippen LogP contribution in [-0.4, -0.2) is 44.4 Å². The van der Waals surface area contributed by atoms with Crippen LogP contribution < -0.4 is 9.46 Å². The normalized spacial score (nSPS) is 13.0. The molecular formula is C11H15NO6S. The molecule has 1 rings (SSSR count). The van der Waals surface area contributed by atoms with Crippen LogP contribution in [0.3, 0.4) is 0 Å². The summed E-state index contributed by atoms with van der Waals surface area (Å²) >= 11 is 0. The Morgan fingerprint density at radius 2 is 2.11 bits per heavy atom. The van der Waals surface area contributed by atoms with Gasteiger partial charge in [-0.25, -0.2) is 17.9 Å². The molecule has 0 unspecified atom stereocenters. The molecule has 1 atom stereocenters. The van der Waals surface area contributed by atoms with Crippen molar-refractivity contribution in [3.8, 4) is 5.75 Å². The molecule has 8 heteroatoms. The molecule has 3 N–H and O–H groups in total.